The van der Waals surface area contributed by atoms with E-state index in [0.29, 0.717) is 31.9 Å². The normalized spacial score (nSPS) is 15.1. The molecule has 0 unspecified atom stereocenters. The number of hydrogen-bond donors (Lipinski definition) is 0. The van der Waals surface area contributed by atoms with Crippen LogP contribution in [0.3, 0.4) is 0 Å². The number of nitrogens with zero attached hydrogens (tertiary/aromatic N) is 3. The van der Waals surface area contributed by atoms with Crippen LogP contribution >= 0.6 is 23.1 Å². The van der Waals surface area contributed by atoms with Gasteiger partial charge in [-0.25, -0.2) is 9.79 Å². The van der Waals surface area contributed by atoms with E-state index in [1.54, 1.807) is 43.2 Å². The maximum atomic E-state index is 14.1. The lowest BCUT2D eigenvalue weighted by Crippen LogP contribution is -2.40. The van der Waals surface area contributed by atoms with Crippen LogP contribution in [0, 0.1) is 11.3 Å². The van der Waals surface area contributed by atoms with Gasteiger partial charge in [-0.1, -0.05) is 53.8 Å². The molecule has 2 heterocycles. The number of benzene rings is 3. The van der Waals surface area contributed by atoms with E-state index in [2.05, 4.69) is 4.99 Å². The van der Waals surface area contributed by atoms with Gasteiger partial charge in [0.05, 0.1) is 27.9 Å². The van der Waals surface area contributed by atoms with E-state index in [0.717, 1.165) is 21.2 Å². The highest BCUT2D eigenvalue weighted by Gasteiger charge is 2.33. The van der Waals surface area contributed by atoms with Crippen molar-refractivity contribution in [1.82, 2.24) is 4.57 Å². The van der Waals surface area contributed by atoms with Gasteiger partial charge in [0.1, 0.15) is 11.8 Å². The summed E-state index contributed by atoms with van der Waals surface area (Å²) in [5.41, 5.74) is 2.07. The quantitative estimate of drug-likeness (QED) is 0.231. The fraction of sp³-hybridized carbons (Fsp3) is 0.226. The third-order valence-corrected chi connectivity index (χ3v) is 8.24. The Labute approximate surface area is 239 Å². The van der Waals surface area contributed by atoms with E-state index in [1.807, 2.05) is 73.0 Å². The molecule has 1 aliphatic heterocycles. The van der Waals surface area contributed by atoms with Crippen molar-refractivity contribution in [1.29, 1.82) is 5.26 Å². The highest BCUT2D eigenvalue weighted by Crippen LogP contribution is 2.32. The van der Waals surface area contributed by atoms with Crippen molar-refractivity contribution >= 4 is 45.9 Å². The van der Waals surface area contributed by atoms with Gasteiger partial charge < -0.3 is 9.47 Å². The average Bonchev–Trinajstić information content (AvgIpc) is 3.25. The summed E-state index contributed by atoms with van der Waals surface area (Å²) in [6.07, 6.45) is 3.46. The highest BCUT2D eigenvalue weighted by molar-refractivity contribution is 7.98. The Hall–Kier alpha value is -4.13. The third-order valence-electron chi connectivity index (χ3n) is 6.51. The molecule has 0 aliphatic carbocycles. The lowest BCUT2D eigenvalue weighted by Gasteiger charge is -2.25. The number of fused-ring (bicyclic) bond motifs is 2. The maximum Gasteiger partial charge on any atom is 0.338 e. The first-order valence-electron chi connectivity index (χ1n) is 12.7. The van der Waals surface area contributed by atoms with Crippen molar-refractivity contribution in [2.45, 2.75) is 37.8 Å². The molecule has 0 radical (unpaired) electrons. The summed E-state index contributed by atoms with van der Waals surface area (Å²) >= 11 is 2.87. The van der Waals surface area contributed by atoms with Crippen molar-refractivity contribution in [2.75, 3.05) is 12.9 Å². The fourth-order valence-corrected chi connectivity index (χ4v) is 6.19. The number of thiazole rings is 1. The molecule has 1 aliphatic rings. The molecule has 202 valence electrons. The number of esters is 1. The van der Waals surface area contributed by atoms with Crippen molar-refractivity contribution in [3.63, 3.8) is 0 Å². The first-order chi connectivity index (χ1) is 19.3. The molecule has 1 atom stereocenters. The van der Waals surface area contributed by atoms with Gasteiger partial charge in [-0.2, -0.15) is 5.26 Å². The smallest absolute Gasteiger partial charge is 0.338 e. The SMILES string of the molecule is CSc1ccc([C@H]2C(C(=O)OC(C)C)=C(C)N=c3s/c(=C\c4c(OCC#N)ccc5ccccc45)c(=O)n32)cc1. The molecule has 5 rings (SSSR count). The second-order valence-corrected chi connectivity index (χ2v) is 11.3. The second kappa shape index (κ2) is 11.5. The number of rotatable bonds is 7. The molecule has 9 heteroatoms. The zero-order valence-corrected chi connectivity index (χ0v) is 24.1. The number of allylic oxidation sites excluding steroid dienone is 1. The van der Waals surface area contributed by atoms with Crippen LogP contribution in [0.2, 0.25) is 0 Å². The monoisotopic (exact) mass is 569 g/mol. The molecule has 4 aromatic rings. The van der Waals surface area contributed by atoms with Crippen LogP contribution in [-0.2, 0) is 9.53 Å². The largest absolute Gasteiger partial charge is 0.478 e. The van der Waals surface area contributed by atoms with Gasteiger partial charge in [-0.15, -0.1) is 11.8 Å². The van der Waals surface area contributed by atoms with Crippen molar-refractivity contribution in [2.24, 2.45) is 4.99 Å². The number of aromatic nitrogens is 1. The number of thioether (sulfide) groups is 1. The van der Waals surface area contributed by atoms with Crippen LogP contribution in [0.15, 0.2) is 86.6 Å². The van der Waals surface area contributed by atoms with Gasteiger partial charge in [-0.3, -0.25) is 9.36 Å². The van der Waals surface area contributed by atoms with Crippen LogP contribution in [0.4, 0.5) is 0 Å². The zero-order chi connectivity index (χ0) is 28.4. The van der Waals surface area contributed by atoms with Gasteiger partial charge in [0.25, 0.3) is 5.56 Å². The molecule has 3 aromatic carbocycles. The van der Waals surface area contributed by atoms with Crippen LogP contribution in [-0.4, -0.2) is 29.5 Å². The van der Waals surface area contributed by atoms with Gasteiger partial charge in [0, 0.05) is 10.5 Å². The molecule has 0 bridgehead atoms. The van der Waals surface area contributed by atoms with Gasteiger partial charge >= 0.3 is 5.97 Å². The first kappa shape index (κ1) is 27.4. The number of hydrogen-bond acceptors (Lipinski definition) is 8. The minimum atomic E-state index is -0.692. The molecule has 0 spiro atoms. The summed E-state index contributed by atoms with van der Waals surface area (Å²) in [4.78, 5) is 33.7. The molecular formula is C31H27N3O4S2. The summed E-state index contributed by atoms with van der Waals surface area (Å²) in [5, 5.41) is 11.0. The van der Waals surface area contributed by atoms with E-state index in [9.17, 15) is 9.59 Å². The summed E-state index contributed by atoms with van der Waals surface area (Å²) in [6, 6.07) is 20.7. The summed E-state index contributed by atoms with van der Waals surface area (Å²) < 4.78 is 13.3. The lowest BCUT2D eigenvalue weighted by atomic mass is 9.96. The van der Waals surface area contributed by atoms with Crippen molar-refractivity contribution in [3.8, 4) is 11.8 Å². The van der Waals surface area contributed by atoms with Crippen LogP contribution in [0.25, 0.3) is 16.8 Å². The predicted molar refractivity (Wildman–Crippen MR) is 158 cm³/mol. The molecule has 0 saturated carbocycles. The Bertz CT molecular complexity index is 1860. The topological polar surface area (TPSA) is 93.7 Å². The number of carbonyl (C=O) groups is 1. The first-order valence-corrected chi connectivity index (χ1v) is 14.8. The minimum Gasteiger partial charge on any atom is -0.478 e. The molecule has 0 amide bonds. The Balaban J connectivity index is 1.75. The highest BCUT2D eigenvalue weighted by atomic mass is 32.2. The predicted octanol–water partition coefficient (Wildman–Crippen LogP) is 4.96. The Morgan fingerprint density at radius 1 is 1.18 bits per heavy atom. The molecule has 40 heavy (non-hydrogen) atoms. The Morgan fingerprint density at radius 3 is 2.62 bits per heavy atom. The van der Waals surface area contributed by atoms with Crippen LogP contribution < -0.4 is 19.6 Å². The van der Waals surface area contributed by atoms with Crippen LogP contribution in [0.1, 0.15) is 37.9 Å². The van der Waals surface area contributed by atoms with Gasteiger partial charge in [0.2, 0.25) is 0 Å². The van der Waals surface area contributed by atoms with E-state index >= 15 is 0 Å². The molecule has 7 nitrogen and oxygen atoms in total. The van der Waals surface area contributed by atoms with Crippen molar-refractivity contribution in [3.05, 3.63) is 103 Å². The molecule has 1 aromatic heterocycles. The Morgan fingerprint density at radius 2 is 1.93 bits per heavy atom. The zero-order valence-electron chi connectivity index (χ0n) is 22.5. The molecule has 0 fully saturated rings. The standard InChI is InChI=1S/C31H27N3O4S2/c1-18(2)38-30(36)27-19(3)33-31-34(28(27)21-9-12-22(39-4)13-10-21)29(35)26(40-31)17-24-23-8-6-5-7-20(23)11-14-25(24)37-16-15-32/h5-14,17-18,28H,16H2,1-4H3/b26-17-/t28-/m0/s1. The van der Waals surface area contributed by atoms with Gasteiger partial charge in [0.15, 0.2) is 11.4 Å². The molecule has 0 saturated heterocycles. The third kappa shape index (κ3) is 5.20. The number of ether oxygens (including phenoxy) is 2. The van der Waals surface area contributed by atoms with E-state index in [1.165, 1.54) is 11.3 Å². The van der Waals surface area contributed by atoms with Crippen molar-refractivity contribution < 1.29 is 14.3 Å². The Kier molecular flexibility index (Phi) is 7.92. The van der Waals surface area contributed by atoms with E-state index in [-0.39, 0.29) is 18.3 Å². The fourth-order valence-electron chi connectivity index (χ4n) is 4.75. The number of nitriles is 1. The number of carbonyl (C=O) groups excluding carboxylic acids is 1. The van der Waals surface area contributed by atoms with Gasteiger partial charge in [-0.05, 0) is 67.6 Å². The van der Waals surface area contributed by atoms with E-state index in [4.69, 9.17) is 14.7 Å². The molecular weight excluding hydrogens is 542 g/mol. The van der Waals surface area contributed by atoms with E-state index < -0.39 is 12.0 Å². The summed E-state index contributed by atoms with van der Waals surface area (Å²) in [7, 11) is 0. The average molecular weight is 570 g/mol. The second-order valence-electron chi connectivity index (χ2n) is 9.45. The lowest BCUT2D eigenvalue weighted by molar-refractivity contribution is -0.143. The summed E-state index contributed by atoms with van der Waals surface area (Å²) in [5.74, 6) is 0.0124. The molecule has 0 N–H and O–H groups in total. The maximum absolute atomic E-state index is 14.1. The minimum absolute atomic E-state index is 0.118. The summed E-state index contributed by atoms with van der Waals surface area (Å²) in [6.45, 7) is 5.24. The van der Waals surface area contributed by atoms with Crippen LogP contribution in [0.5, 0.6) is 5.75 Å².